The Morgan fingerprint density at radius 3 is 2.52 bits per heavy atom. The van der Waals surface area contributed by atoms with Gasteiger partial charge in [-0.25, -0.2) is 4.79 Å². The first-order valence-electron chi connectivity index (χ1n) is 9.17. The normalized spacial score (nSPS) is 16.3. The third-order valence-corrected chi connectivity index (χ3v) is 4.28. The van der Waals surface area contributed by atoms with Gasteiger partial charge < -0.3 is 9.47 Å². The monoisotopic (exact) mass is 318 g/mol. The van der Waals surface area contributed by atoms with E-state index in [0.717, 1.165) is 6.42 Å². The largest absolute Gasteiger partial charge is 0.459 e. The Labute approximate surface area is 140 Å². The summed E-state index contributed by atoms with van der Waals surface area (Å²) in [5, 5.41) is 0. The van der Waals surface area contributed by atoms with Gasteiger partial charge in [-0.1, -0.05) is 64.0 Å². The van der Waals surface area contributed by atoms with Gasteiger partial charge in [-0.15, -0.1) is 0 Å². The summed E-state index contributed by atoms with van der Waals surface area (Å²) in [4.78, 5) is 12.0. The van der Waals surface area contributed by atoms with Gasteiger partial charge in [-0.05, 0) is 30.5 Å². The third-order valence-electron chi connectivity index (χ3n) is 4.28. The summed E-state index contributed by atoms with van der Waals surface area (Å²) >= 11 is 0. The lowest BCUT2D eigenvalue weighted by atomic mass is 10.0. The lowest BCUT2D eigenvalue weighted by molar-refractivity contribution is 0.0476. The molecule has 0 amide bonds. The SMILES string of the molecule is CCCCCCCCCCc1cccc(C(=O)OCC2CO2)c1. The number of esters is 1. The zero-order valence-corrected chi connectivity index (χ0v) is 14.4. The van der Waals surface area contributed by atoms with Gasteiger partial charge in [0.25, 0.3) is 0 Å². The Hall–Kier alpha value is -1.35. The van der Waals surface area contributed by atoms with E-state index in [1.165, 1.54) is 56.9 Å². The molecule has 1 heterocycles. The number of ether oxygens (including phenoxy) is 2. The van der Waals surface area contributed by atoms with Crippen LogP contribution in [0.15, 0.2) is 24.3 Å². The predicted molar refractivity (Wildman–Crippen MR) is 92.8 cm³/mol. The number of hydrogen-bond acceptors (Lipinski definition) is 3. The van der Waals surface area contributed by atoms with E-state index in [-0.39, 0.29) is 12.1 Å². The summed E-state index contributed by atoms with van der Waals surface area (Å²) in [6, 6.07) is 7.84. The summed E-state index contributed by atoms with van der Waals surface area (Å²) in [5.74, 6) is -0.238. The van der Waals surface area contributed by atoms with Crippen molar-refractivity contribution in [3.8, 4) is 0 Å². The number of carbonyl (C=O) groups excluding carboxylic acids is 1. The van der Waals surface area contributed by atoms with Crippen molar-refractivity contribution in [1.29, 1.82) is 0 Å². The van der Waals surface area contributed by atoms with Crippen molar-refractivity contribution >= 4 is 5.97 Å². The van der Waals surface area contributed by atoms with Gasteiger partial charge in [-0.2, -0.15) is 0 Å². The number of hydrogen-bond donors (Lipinski definition) is 0. The van der Waals surface area contributed by atoms with E-state index in [0.29, 0.717) is 18.8 Å². The molecular formula is C20H30O3. The lowest BCUT2D eigenvalue weighted by Crippen LogP contribution is -2.10. The number of unbranched alkanes of at least 4 members (excludes halogenated alkanes) is 7. The second-order valence-corrected chi connectivity index (χ2v) is 6.48. The van der Waals surface area contributed by atoms with Crippen molar-refractivity contribution in [2.45, 2.75) is 70.8 Å². The van der Waals surface area contributed by atoms with Crippen LogP contribution in [0.5, 0.6) is 0 Å². The Balaban J connectivity index is 1.61. The summed E-state index contributed by atoms with van der Waals surface area (Å²) in [6.07, 6.45) is 11.8. The zero-order valence-electron chi connectivity index (χ0n) is 14.4. The topological polar surface area (TPSA) is 38.8 Å². The number of rotatable bonds is 12. The third kappa shape index (κ3) is 7.65. The average Bonchev–Trinajstić information content (AvgIpc) is 3.40. The highest BCUT2D eigenvalue weighted by Gasteiger charge is 2.24. The van der Waals surface area contributed by atoms with Gasteiger partial charge in [0.05, 0.1) is 12.2 Å². The lowest BCUT2D eigenvalue weighted by Gasteiger charge is -2.06. The highest BCUT2D eigenvalue weighted by molar-refractivity contribution is 5.89. The van der Waals surface area contributed by atoms with Gasteiger partial charge in [0.1, 0.15) is 12.7 Å². The molecule has 1 saturated heterocycles. The van der Waals surface area contributed by atoms with Crippen molar-refractivity contribution in [2.24, 2.45) is 0 Å². The Kier molecular flexibility index (Phi) is 8.16. The number of epoxide rings is 1. The second-order valence-electron chi connectivity index (χ2n) is 6.48. The maximum atomic E-state index is 12.0. The standard InChI is InChI=1S/C20H30O3/c1-2-3-4-5-6-7-8-9-11-17-12-10-13-18(14-17)20(21)23-16-19-15-22-19/h10,12-14,19H,2-9,11,15-16H2,1H3. The molecule has 1 fully saturated rings. The molecule has 128 valence electrons. The molecule has 0 radical (unpaired) electrons. The molecule has 1 aromatic rings. The smallest absolute Gasteiger partial charge is 0.338 e. The van der Waals surface area contributed by atoms with Crippen LogP contribution in [0, 0.1) is 0 Å². The molecule has 3 nitrogen and oxygen atoms in total. The van der Waals surface area contributed by atoms with Gasteiger partial charge in [0.15, 0.2) is 0 Å². The molecule has 0 aliphatic carbocycles. The molecule has 1 aliphatic rings. The first-order valence-corrected chi connectivity index (χ1v) is 9.17. The van der Waals surface area contributed by atoms with Crippen molar-refractivity contribution in [3.05, 3.63) is 35.4 Å². The van der Waals surface area contributed by atoms with Gasteiger partial charge >= 0.3 is 5.97 Å². The number of aryl methyl sites for hydroxylation is 1. The summed E-state index contributed by atoms with van der Waals surface area (Å²) in [5.41, 5.74) is 1.89. The molecule has 1 aliphatic heterocycles. The second kappa shape index (κ2) is 10.4. The van der Waals surface area contributed by atoms with Crippen LogP contribution in [-0.4, -0.2) is 25.3 Å². The fraction of sp³-hybridized carbons (Fsp3) is 0.650. The van der Waals surface area contributed by atoms with E-state index in [2.05, 4.69) is 13.0 Å². The molecule has 0 spiro atoms. The Morgan fingerprint density at radius 2 is 1.83 bits per heavy atom. The van der Waals surface area contributed by atoms with Crippen LogP contribution in [0.3, 0.4) is 0 Å². The van der Waals surface area contributed by atoms with Crippen LogP contribution in [0.25, 0.3) is 0 Å². The van der Waals surface area contributed by atoms with E-state index in [1.54, 1.807) is 0 Å². The van der Waals surface area contributed by atoms with E-state index in [9.17, 15) is 4.79 Å². The van der Waals surface area contributed by atoms with Crippen molar-refractivity contribution in [2.75, 3.05) is 13.2 Å². The minimum atomic E-state index is -0.238. The zero-order chi connectivity index (χ0) is 16.3. The van der Waals surface area contributed by atoms with Crippen LogP contribution in [0.4, 0.5) is 0 Å². The fourth-order valence-electron chi connectivity index (χ4n) is 2.73. The molecule has 2 rings (SSSR count). The first kappa shape index (κ1) is 18.0. The Morgan fingerprint density at radius 1 is 1.13 bits per heavy atom. The molecule has 1 atom stereocenters. The number of carbonyl (C=O) groups is 1. The minimum Gasteiger partial charge on any atom is -0.459 e. The summed E-state index contributed by atoms with van der Waals surface area (Å²) in [6.45, 7) is 3.34. The number of benzene rings is 1. The van der Waals surface area contributed by atoms with Gasteiger partial charge in [0, 0.05) is 0 Å². The maximum absolute atomic E-state index is 12.0. The van der Waals surface area contributed by atoms with Gasteiger partial charge in [-0.3, -0.25) is 0 Å². The summed E-state index contributed by atoms with van der Waals surface area (Å²) < 4.78 is 10.3. The Bertz CT molecular complexity index is 466. The highest BCUT2D eigenvalue weighted by atomic mass is 16.6. The van der Waals surface area contributed by atoms with Crippen LogP contribution in [0.2, 0.25) is 0 Å². The maximum Gasteiger partial charge on any atom is 0.338 e. The first-order chi connectivity index (χ1) is 11.3. The van der Waals surface area contributed by atoms with E-state index in [4.69, 9.17) is 9.47 Å². The molecule has 0 N–H and O–H groups in total. The molecular weight excluding hydrogens is 288 g/mol. The molecule has 1 aromatic carbocycles. The summed E-state index contributed by atoms with van der Waals surface area (Å²) in [7, 11) is 0. The van der Waals surface area contributed by atoms with Crippen LogP contribution < -0.4 is 0 Å². The minimum absolute atomic E-state index is 0.124. The van der Waals surface area contributed by atoms with Crippen LogP contribution in [-0.2, 0) is 15.9 Å². The van der Waals surface area contributed by atoms with E-state index >= 15 is 0 Å². The highest BCUT2D eigenvalue weighted by Crippen LogP contribution is 2.14. The predicted octanol–water partition coefficient (Wildman–Crippen LogP) is 4.93. The van der Waals surface area contributed by atoms with Gasteiger partial charge in [0.2, 0.25) is 0 Å². The average molecular weight is 318 g/mol. The molecule has 0 bridgehead atoms. The molecule has 0 aromatic heterocycles. The molecule has 23 heavy (non-hydrogen) atoms. The van der Waals surface area contributed by atoms with Crippen LogP contribution >= 0.6 is 0 Å². The molecule has 0 saturated carbocycles. The quantitative estimate of drug-likeness (QED) is 0.312. The van der Waals surface area contributed by atoms with Crippen molar-refractivity contribution in [3.63, 3.8) is 0 Å². The van der Waals surface area contributed by atoms with E-state index in [1.807, 2.05) is 18.2 Å². The fourth-order valence-corrected chi connectivity index (χ4v) is 2.73. The molecule has 1 unspecified atom stereocenters. The van der Waals surface area contributed by atoms with Crippen molar-refractivity contribution in [1.82, 2.24) is 0 Å². The van der Waals surface area contributed by atoms with Crippen molar-refractivity contribution < 1.29 is 14.3 Å². The van der Waals surface area contributed by atoms with Crippen LogP contribution in [0.1, 0.15) is 74.2 Å². The molecule has 3 heteroatoms. The van der Waals surface area contributed by atoms with E-state index < -0.39 is 0 Å².